The topological polar surface area (TPSA) is 20.2 Å². The molecule has 15 heavy (non-hydrogen) atoms. The van der Waals surface area contributed by atoms with Gasteiger partial charge in [-0.15, -0.1) is 0 Å². The first-order valence-corrected chi connectivity index (χ1v) is 6.47. The molecule has 1 aliphatic carbocycles. The van der Waals surface area contributed by atoms with Crippen molar-refractivity contribution >= 4 is 15.9 Å². The zero-order valence-electron chi connectivity index (χ0n) is 8.88. The van der Waals surface area contributed by atoms with Crippen molar-refractivity contribution in [2.75, 3.05) is 6.61 Å². The van der Waals surface area contributed by atoms with Gasteiger partial charge in [-0.05, 0) is 61.3 Å². The fourth-order valence-corrected chi connectivity index (χ4v) is 2.83. The zero-order valence-corrected chi connectivity index (χ0v) is 10.5. The number of halogens is 1. The van der Waals surface area contributed by atoms with Gasteiger partial charge >= 0.3 is 0 Å². The number of aliphatic hydroxyl groups excluding tert-OH is 1. The SMILES string of the molecule is OCCC[C@H]1CCc2cc(Br)ccc2C1. The van der Waals surface area contributed by atoms with Crippen LogP contribution in [0, 0.1) is 5.92 Å². The number of benzene rings is 1. The van der Waals surface area contributed by atoms with Crippen LogP contribution in [0.3, 0.4) is 0 Å². The molecule has 1 atom stereocenters. The van der Waals surface area contributed by atoms with Crippen LogP contribution >= 0.6 is 15.9 Å². The Hall–Kier alpha value is -0.340. The van der Waals surface area contributed by atoms with Crippen LogP contribution in [-0.2, 0) is 12.8 Å². The van der Waals surface area contributed by atoms with Crippen LogP contribution in [0.4, 0.5) is 0 Å². The Morgan fingerprint density at radius 1 is 1.33 bits per heavy atom. The Morgan fingerprint density at radius 2 is 2.20 bits per heavy atom. The molecule has 0 aliphatic heterocycles. The van der Waals surface area contributed by atoms with E-state index in [2.05, 4.69) is 34.1 Å². The maximum Gasteiger partial charge on any atom is 0.0431 e. The van der Waals surface area contributed by atoms with Crippen molar-refractivity contribution in [1.29, 1.82) is 0 Å². The van der Waals surface area contributed by atoms with Gasteiger partial charge in [0.2, 0.25) is 0 Å². The van der Waals surface area contributed by atoms with Crippen LogP contribution in [0.2, 0.25) is 0 Å². The number of hydrogen-bond acceptors (Lipinski definition) is 1. The lowest BCUT2D eigenvalue weighted by Gasteiger charge is -2.24. The predicted molar refractivity (Wildman–Crippen MR) is 66.0 cm³/mol. The second-order valence-electron chi connectivity index (χ2n) is 4.39. The first kappa shape index (κ1) is 11.2. The van der Waals surface area contributed by atoms with Crippen molar-refractivity contribution < 1.29 is 5.11 Å². The summed E-state index contributed by atoms with van der Waals surface area (Å²) < 4.78 is 1.19. The van der Waals surface area contributed by atoms with Crippen LogP contribution in [0.25, 0.3) is 0 Å². The van der Waals surface area contributed by atoms with E-state index >= 15 is 0 Å². The maximum atomic E-state index is 8.82. The lowest BCUT2D eigenvalue weighted by atomic mass is 9.82. The monoisotopic (exact) mass is 268 g/mol. The highest BCUT2D eigenvalue weighted by Gasteiger charge is 2.17. The van der Waals surface area contributed by atoms with Crippen molar-refractivity contribution in [3.63, 3.8) is 0 Å². The van der Waals surface area contributed by atoms with Crippen LogP contribution < -0.4 is 0 Å². The number of fused-ring (bicyclic) bond motifs is 1. The Balaban J connectivity index is 2.03. The van der Waals surface area contributed by atoms with Gasteiger partial charge in [0.15, 0.2) is 0 Å². The molecule has 0 saturated heterocycles. The summed E-state index contributed by atoms with van der Waals surface area (Å²) in [5.41, 5.74) is 3.01. The summed E-state index contributed by atoms with van der Waals surface area (Å²) in [6.45, 7) is 0.337. The fourth-order valence-electron chi connectivity index (χ4n) is 2.43. The van der Waals surface area contributed by atoms with Crippen molar-refractivity contribution in [2.24, 2.45) is 5.92 Å². The zero-order chi connectivity index (χ0) is 10.7. The Labute approximate surface area is 99.6 Å². The standard InChI is InChI=1S/C13H17BrO/c14-13-6-5-11-8-10(2-1-7-15)3-4-12(11)9-13/h5-6,9-10,15H,1-4,7-8H2/t10-/m0/s1. The van der Waals surface area contributed by atoms with E-state index in [0.29, 0.717) is 6.61 Å². The van der Waals surface area contributed by atoms with Crippen LogP contribution in [0.1, 0.15) is 30.4 Å². The average molecular weight is 269 g/mol. The summed E-state index contributed by atoms with van der Waals surface area (Å²) in [6.07, 6.45) is 5.81. The highest BCUT2D eigenvalue weighted by molar-refractivity contribution is 9.10. The molecule has 0 saturated carbocycles. The molecule has 1 aromatic rings. The molecule has 1 N–H and O–H groups in total. The lowest BCUT2D eigenvalue weighted by Crippen LogP contribution is -2.14. The molecule has 1 nitrogen and oxygen atoms in total. The first-order valence-electron chi connectivity index (χ1n) is 5.68. The van der Waals surface area contributed by atoms with Crippen LogP contribution in [-0.4, -0.2) is 11.7 Å². The highest BCUT2D eigenvalue weighted by atomic mass is 79.9. The van der Waals surface area contributed by atoms with Gasteiger partial charge in [-0.1, -0.05) is 22.0 Å². The van der Waals surface area contributed by atoms with E-state index in [-0.39, 0.29) is 0 Å². The fraction of sp³-hybridized carbons (Fsp3) is 0.538. The minimum atomic E-state index is 0.337. The van der Waals surface area contributed by atoms with Crippen LogP contribution in [0.15, 0.2) is 22.7 Å². The lowest BCUT2D eigenvalue weighted by molar-refractivity contribution is 0.266. The van der Waals surface area contributed by atoms with Crippen molar-refractivity contribution in [1.82, 2.24) is 0 Å². The minimum absolute atomic E-state index is 0.337. The molecular formula is C13H17BrO. The molecule has 0 radical (unpaired) electrons. The summed E-state index contributed by atoms with van der Waals surface area (Å²) >= 11 is 3.51. The Bertz CT molecular complexity index is 335. The second-order valence-corrected chi connectivity index (χ2v) is 5.30. The third kappa shape index (κ3) is 2.82. The molecule has 0 heterocycles. The van der Waals surface area contributed by atoms with Gasteiger partial charge in [-0.25, -0.2) is 0 Å². The molecule has 0 bridgehead atoms. The summed E-state index contributed by atoms with van der Waals surface area (Å²) in [7, 11) is 0. The van der Waals surface area contributed by atoms with Crippen molar-refractivity contribution in [3.05, 3.63) is 33.8 Å². The molecular weight excluding hydrogens is 252 g/mol. The number of rotatable bonds is 3. The third-order valence-corrected chi connectivity index (χ3v) is 3.76. The van der Waals surface area contributed by atoms with E-state index in [1.54, 1.807) is 0 Å². The quantitative estimate of drug-likeness (QED) is 0.892. The van der Waals surface area contributed by atoms with E-state index < -0.39 is 0 Å². The Kier molecular flexibility index (Phi) is 3.81. The molecule has 0 aromatic heterocycles. The van der Waals surface area contributed by atoms with Gasteiger partial charge in [0.05, 0.1) is 0 Å². The van der Waals surface area contributed by atoms with Crippen molar-refractivity contribution in [2.45, 2.75) is 32.1 Å². The average Bonchev–Trinajstić information content (AvgIpc) is 2.26. The summed E-state index contributed by atoms with van der Waals surface area (Å²) in [5, 5.41) is 8.82. The van der Waals surface area contributed by atoms with Gasteiger partial charge in [0, 0.05) is 11.1 Å². The van der Waals surface area contributed by atoms with Gasteiger partial charge in [0.1, 0.15) is 0 Å². The maximum absolute atomic E-state index is 8.82. The molecule has 1 aromatic carbocycles. The Morgan fingerprint density at radius 3 is 3.00 bits per heavy atom. The molecule has 82 valence electrons. The normalized spacial score (nSPS) is 20.0. The predicted octanol–water partition coefficient (Wildman–Crippen LogP) is 3.33. The molecule has 0 unspecified atom stereocenters. The third-order valence-electron chi connectivity index (χ3n) is 3.27. The smallest absolute Gasteiger partial charge is 0.0431 e. The number of aliphatic hydroxyl groups is 1. The number of aryl methyl sites for hydroxylation is 1. The second kappa shape index (κ2) is 5.13. The molecule has 2 rings (SSSR count). The van der Waals surface area contributed by atoms with E-state index in [1.165, 1.54) is 41.3 Å². The summed E-state index contributed by atoms with van der Waals surface area (Å²) in [4.78, 5) is 0. The van der Waals surface area contributed by atoms with Crippen LogP contribution in [0.5, 0.6) is 0 Å². The van der Waals surface area contributed by atoms with E-state index in [0.717, 1.165) is 12.3 Å². The molecule has 2 heteroatoms. The minimum Gasteiger partial charge on any atom is -0.396 e. The van der Waals surface area contributed by atoms with E-state index in [4.69, 9.17) is 5.11 Å². The molecule has 0 amide bonds. The molecule has 0 spiro atoms. The highest BCUT2D eigenvalue weighted by Crippen LogP contribution is 2.30. The van der Waals surface area contributed by atoms with Gasteiger partial charge in [0.25, 0.3) is 0 Å². The summed E-state index contributed by atoms with van der Waals surface area (Å²) in [5.74, 6) is 0.783. The van der Waals surface area contributed by atoms with Gasteiger partial charge in [-0.2, -0.15) is 0 Å². The van der Waals surface area contributed by atoms with E-state index in [1.807, 2.05) is 0 Å². The number of hydrogen-bond donors (Lipinski definition) is 1. The summed E-state index contributed by atoms with van der Waals surface area (Å²) in [6, 6.07) is 6.62. The molecule has 0 fully saturated rings. The molecule has 1 aliphatic rings. The first-order chi connectivity index (χ1) is 7.29. The van der Waals surface area contributed by atoms with Gasteiger partial charge in [-0.3, -0.25) is 0 Å². The van der Waals surface area contributed by atoms with Crippen molar-refractivity contribution in [3.8, 4) is 0 Å². The van der Waals surface area contributed by atoms with E-state index in [9.17, 15) is 0 Å². The van der Waals surface area contributed by atoms with Gasteiger partial charge < -0.3 is 5.11 Å². The largest absolute Gasteiger partial charge is 0.396 e.